The Kier molecular flexibility index (Phi) is 21.3. The molecule has 0 radical (unpaired) electrons. The number of carbonyl (C=O) groups excluding carboxylic acids is 1. The number of benzene rings is 1. The number of nitrogens with one attached hydrogen (secondary N) is 1. The van der Waals surface area contributed by atoms with Crippen molar-refractivity contribution < 1.29 is 65.0 Å². The molecule has 1 N–H and O–H groups in total. The minimum Gasteiger partial charge on any atom is -0.748 e. The van der Waals surface area contributed by atoms with Crippen molar-refractivity contribution in [2.45, 2.75) is 116 Å². The molecular formula is C29H50N2NaO8S2-. The average molecular weight is 642 g/mol. The van der Waals surface area contributed by atoms with Crippen LogP contribution in [0.25, 0.3) is 0 Å². The first kappa shape index (κ1) is 41.1. The molecule has 0 saturated heterocycles. The molecule has 0 bridgehead atoms. The molecule has 1 rings (SSSR count). The van der Waals surface area contributed by atoms with Crippen molar-refractivity contribution in [1.82, 2.24) is 0 Å². The summed E-state index contributed by atoms with van der Waals surface area (Å²) in [5, 5.41) is 2.75. The van der Waals surface area contributed by atoms with Gasteiger partial charge in [-0.05, 0) is 76.6 Å². The van der Waals surface area contributed by atoms with E-state index < -0.39 is 43.4 Å². The zero-order chi connectivity index (χ0) is 30.8. The molecular weight excluding hydrogens is 591 g/mol. The van der Waals surface area contributed by atoms with E-state index in [2.05, 4.69) is 12.2 Å². The van der Waals surface area contributed by atoms with E-state index in [1.54, 1.807) is 24.3 Å². The number of rotatable bonds is 23. The van der Waals surface area contributed by atoms with Gasteiger partial charge in [-0.3, -0.25) is 5.32 Å². The van der Waals surface area contributed by atoms with Crippen LogP contribution in [0.15, 0.2) is 24.3 Å². The van der Waals surface area contributed by atoms with Gasteiger partial charge >= 0.3 is 35.7 Å². The smallest absolute Gasteiger partial charge is 0.748 e. The van der Waals surface area contributed by atoms with Gasteiger partial charge in [-0.25, -0.2) is 21.6 Å². The van der Waals surface area contributed by atoms with Crippen LogP contribution in [0.3, 0.4) is 0 Å². The number of carbonyl (C=O) groups is 1. The van der Waals surface area contributed by atoms with E-state index in [4.69, 9.17) is 4.74 Å². The van der Waals surface area contributed by atoms with Gasteiger partial charge < -0.3 is 18.7 Å². The number of unbranched alkanes of at least 4 members (excludes halogenated alkanes) is 10. The van der Waals surface area contributed by atoms with E-state index in [0.29, 0.717) is 31.6 Å². The van der Waals surface area contributed by atoms with Crippen LogP contribution in [0.4, 0.5) is 16.2 Å². The summed E-state index contributed by atoms with van der Waals surface area (Å²) in [5.41, 5.74) is 0.744. The van der Waals surface area contributed by atoms with Gasteiger partial charge in [-0.15, -0.1) is 0 Å². The fourth-order valence-electron chi connectivity index (χ4n) is 4.60. The quantitative estimate of drug-likeness (QED) is 0.107. The second kappa shape index (κ2) is 21.8. The summed E-state index contributed by atoms with van der Waals surface area (Å²) in [4.78, 5) is 14.5. The van der Waals surface area contributed by atoms with Crippen LogP contribution in [-0.2, 0) is 25.0 Å². The van der Waals surface area contributed by atoms with E-state index in [-0.39, 0.29) is 42.4 Å². The molecule has 0 unspecified atom stereocenters. The van der Waals surface area contributed by atoms with Gasteiger partial charge in [-0.2, -0.15) is 0 Å². The molecule has 0 aliphatic rings. The summed E-state index contributed by atoms with van der Waals surface area (Å²) in [5.74, 6) is -0.897. The molecule has 10 nitrogen and oxygen atoms in total. The third kappa shape index (κ3) is 22.6. The third-order valence-corrected chi connectivity index (χ3v) is 8.45. The van der Waals surface area contributed by atoms with Gasteiger partial charge in [0.2, 0.25) is 0 Å². The van der Waals surface area contributed by atoms with Gasteiger partial charge in [0.15, 0.2) is 0 Å². The van der Waals surface area contributed by atoms with E-state index in [0.717, 1.165) is 24.9 Å². The fraction of sp³-hybridized carbons (Fsp3) is 0.759. The van der Waals surface area contributed by atoms with E-state index in [9.17, 15) is 30.7 Å². The Morgan fingerprint density at radius 1 is 0.762 bits per heavy atom. The summed E-state index contributed by atoms with van der Waals surface area (Å²) >= 11 is 0. The van der Waals surface area contributed by atoms with Crippen LogP contribution in [0.2, 0.25) is 0 Å². The number of nitrogens with zero attached hydrogens (tertiary/aromatic N) is 1. The Bertz CT molecular complexity index is 1040. The normalized spacial score (nSPS) is 12.0. The number of anilines is 2. The van der Waals surface area contributed by atoms with Crippen LogP contribution in [0, 0.1) is 0 Å². The summed E-state index contributed by atoms with van der Waals surface area (Å²) < 4.78 is 71.0. The Labute approximate surface area is 276 Å². The molecule has 0 aliphatic carbocycles. The van der Waals surface area contributed by atoms with Gasteiger partial charge in [0.1, 0.15) is 5.60 Å². The largest absolute Gasteiger partial charge is 1.00 e. The van der Waals surface area contributed by atoms with Crippen LogP contribution >= 0.6 is 0 Å². The zero-order valence-electron chi connectivity index (χ0n) is 26.1. The summed E-state index contributed by atoms with van der Waals surface area (Å²) in [6.07, 6.45) is 12.6. The van der Waals surface area contributed by atoms with Crippen LogP contribution in [0.1, 0.15) is 111 Å². The molecule has 0 atom stereocenters. The van der Waals surface area contributed by atoms with E-state index in [1.165, 1.54) is 44.9 Å². The Morgan fingerprint density at radius 3 is 1.67 bits per heavy atom. The van der Waals surface area contributed by atoms with Gasteiger partial charge in [-0.1, -0.05) is 58.3 Å². The molecule has 0 spiro atoms. The minimum absolute atomic E-state index is 0. The maximum atomic E-state index is 12.5. The Hall–Kier alpha value is -0.890. The maximum absolute atomic E-state index is 12.5. The topological polar surface area (TPSA) is 156 Å². The minimum atomic E-state index is -4.29. The maximum Gasteiger partial charge on any atom is 1.00 e. The monoisotopic (exact) mass is 641 g/mol. The number of hydrogen-bond acceptors (Lipinski definition) is 9. The van der Waals surface area contributed by atoms with E-state index in [1.807, 2.05) is 18.7 Å². The number of ether oxygens (including phenoxy) is 1. The average Bonchev–Trinajstić information content (AvgIpc) is 2.85. The molecule has 0 fully saturated rings. The van der Waals surface area contributed by atoms with Gasteiger partial charge in [0.05, 0.1) is 20.2 Å². The molecule has 1 aromatic carbocycles. The fourth-order valence-corrected chi connectivity index (χ4v) is 5.71. The zero-order valence-corrected chi connectivity index (χ0v) is 29.7. The van der Waals surface area contributed by atoms with Crippen LogP contribution in [0.5, 0.6) is 0 Å². The summed E-state index contributed by atoms with van der Waals surface area (Å²) in [7, 11) is -8.58. The number of hydrogen-bond donors (Lipinski definition) is 1. The molecule has 0 aliphatic heterocycles. The first-order chi connectivity index (χ1) is 19.2. The van der Waals surface area contributed by atoms with Crippen molar-refractivity contribution in [3.8, 4) is 0 Å². The van der Waals surface area contributed by atoms with Gasteiger partial charge in [0.25, 0.3) is 0 Å². The molecule has 0 heterocycles. The van der Waals surface area contributed by atoms with Crippen LogP contribution < -0.4 is 39.8 Å². The van der Waals surface area contributed by atoms with Crippen molar-refractivity contribution in [2.24, 2.45) is 0 Å². The summed E-state index contributed by atoms with van der Waals surface area (Å²) in [6.45, 7) is 6.94. The molecule has 1 aromatic rings. The standard InChI is InChI=1S/C29H52N2O8S2.Na/c1-4-5-6-7-8-9-10-11-12-21-29(2,3)39-28(32)30-26-17-19-27(20-18-26)31(22-13-15-24-40(33,34)35)23-14-16-25-41(36,37)38;/h17-20H,4-16,21-25H2,1-3H3,(H,30,32)(H,33,34,35)(H,36,37,38);/q;+1/p-2. The first-order valence-corrected chi connectivity index (χ1v) is 18.1. The third-order valence-electron chi connectivity index (χ3n) is 6.87. The first-order valence-electron chi connectivity index (χ1n) is 14.9. The van der Waals surface area contributed by atoms with Crippen molar-refractivity contribution in [3.63, 3.8) is 0 Å². The van der Waals surface area contributed by atoms with E-state index >= 15 is 0 Å². The number of amides is 1. The molecule has 42 heavy (non-hydrogen) atoms. The molecule has 238 valence electrons. The second-order valence-corrected chi connectivity index (χ2v) is 14.4. The van der Waals surface area contributed by atoms with Gasteiger partial charge in [0, 0.05) is 36.0 Å². The SMILES string of the molecule is CCCCCCCCCCCC(C)(C)OC(=O)Nc1ccc(N(CCCCS(=O)(=O)[O-])CCCCS(=O)(=O)[O-])cc1.[Na+]. The molecule has 0 aromatic heterocycles. The molecule has 0 saturated carbocycles. The van der Waals surface area contributed by atoms with Crippen LogP contribution in [-0.4, -0.2) is 62.2 Å². The van der Waals surface area contributed by atoms with Crippen molar-refractivity contribution in [1.29, 1.82) is 0 Å². The van der Waals surface area contributed by atoms with Crippen molar-refractivity contribution >= 4 is 37.7 Å². The molecule has 13 heteroatoms. The van der Waals surface area contributed by atoms with Crippen molar-refractivity contribution in [2.75, 3.05) is 34.8 Å². The predicted octanol–water partition coefficient (Wildman–Crippen LogP) is 3.40. The summed E-state index contributed by atoms with van der Waals surface area (Å²) in [6, 6.07) is 7.03. The Morgan fingerprint density at radius 2 is 1.21 bits per heavy atom. The predicted molar refractivity (Wildman–Crippen MR) is 162 cm³/mol. The van der Waals surface area contributed by atoms with Crippen molar-refractivity contribution in [3.05, 3.63) is 24.3 Å². The molecule has 1 amide bonds. The second-order valence-electron chi connectivity index (χ2n) is 11.3. The Balaban J connectivity index is 0.0000168.